The molecule has 0 aromatic heterocycles. The fourth-order valence-electron chi connectivity index (χ4n) is 0.628. The van der Waals surface area contributed by atoms with Crippen LogP contribution in [0.25, 0.3) is 0 Å². The summed E-state index contributed by atoms with van der Waals surface area (Å²) in [4.78, 5) is 2.30. The van der Waals surface area contributed by atoms with Crippen LogP contribution in [0.4, 0.5) is 0 Å². The van der Waals surface area contributed by atoms with Crippen molar-refractivity contribution >= 4 is 0 Å². The van der Waals surface area contributed by atoms with Gasteiger partial charge in [0.05, 0.1) is 0 Å². The van der Waals surface area contributed by atoms with Gasteiger partial charge in [0.15, 0.2) is 0 Å². The Morgan fingerprint density at radius 3 is 1.44 bits per heavy atom. The van der Waals surface area contributed by atoms with Gasteiger partial charge in [0, 0.05) is 5.54 Å². The van der Waals surface area contributed by atoms with Crippen molar-refractivity contribution in [1.82, 2.24) is 4.90 Å². The van der Waals surface area contributed by atoms with Crippen molar-refractivity contribution in [1.29, 1.82) is 0 Å². The molecule has 1 nitrogen and oxygen atoms in total. The van der Waals surface area contributed by atoms with Gasteiger partial charge in [-0.15, -0.1) is 0 Å². The van der Waals surface area contributed by atoms with E-state index in [0.29, 0.717) is 5.54 Å². The highest BCUT2D eigenvalue weighted by Gasteiger charge is 2.38. The topological polar surface area (TPSA) is 3.24 Å². The van der Waals surface area contributed by atoms with Crippen molar-refractivity contribution in [2.45, 2.75) is 39.2 Å². The van der Waals surface area contributed by atoms with Crippen LogP contribution < -0.4 is 0 Å². The van der Waals surface area contributed by atoms with Gasteiger partial charge in [0.2, 0.25) is 0 Å². The van der Waals surface area contributed by atoms with E-state index in [1.807, 2.05) is 13.8 Å². The van der Waals surface area contributed by atoms with Crippen molar-refractivity contribution in [3.05, 3.63) is 0 Å². The summed E-state index contributed by atoms with van der Waals surface area (Å²) in [7, 11) is 4.29. The van der Waals surface area contributed by atoms with Crippen LogP contribution in [0, 0.1) is 0 Å². The Hall–Kier alpha value is -0.0400. The van der Waals surface area contributed by atoms with Crippen molar-refractivity contribution in [3.8, 4) is 0 Å². The molecule has 0 atom stereocenters. The molecule has 1 saturated carbocycles. The normalized spacial score (nSPS) is 20.7. The number of rotatable bonds is 1. The van der Waals surface area contributed by atoms with E-state index in [1.165, 1.54) is 12.8 Å². The second kappa shape index (κ2) is 3.21. The lowest BCUT2D eigenvalue weighted by atomic mass is 10.3. The third-order valence-electron chi connectivity index (χ3n) is 2.05. The first-order valence-corrected chi connectivity index (χ1v) is 3.83. The largest absolute Gasteiger partial charge is 0.304 e. The van der Waals surface area contributed by atoms with Crippen LogP contribution in [0.15, 0.2) is 0 Å². The predicted molar refractivity (Wildman–Crippen MR) is 42.7 cm³/mol. The first kappa shape index (κ1) is 8.96. The highest BCUT2D eigenvalue weighted by atomic mass is 15.2. The SMILES string of the molecule is CC.CN(C)C1(C)CC1. The van der Waals surface area contributed by atoms with E-state index in [0.717, 1.165) is 0 Å². The molecule has 0 heterocycles. The quantitative estimate of drug-likeness (QED) is 0.524. The summed E-state index contributed by atoms with van der Waals surface area (Å²) in [5.41, 5.74) is 0.583. The summed E-state index contributed by atoms with van der Waals surface area (Å²) in [5, 5.41) is 0. The molecule has 1 heteroatoms. The third kappa shape index (κ3) is 2.35. The van der Waals surface area contributed by atoms with Crippen molar-refractivity contribution in [2.24, 2.45) is 0 Å². The molecule has 0 N–H and O–H groups in total. The molecule has 0 saturated heterocycles. The fraction of sp³-hybridized carbons (Fsp3) is 1.00. The van der Waals surface area contributed by atoms with Crippen LogP contribution >= 0.6 is 0 Å². The maximum atomic E-state index is 2.30. The van der Waals surface area contributed by atoms with Gasteiger partial charge in [-0.25, -0.2) is 0 Å². The average molecular weight is 129 g/mol. The maximum Gasteiger partial charge on any atom is 0.0176 e. The Morgan fingerprint density at radius 2 is 1.44 bits per heavy atom. The Labute approximate surface area is 59.1 Å². The van der Waals surface area contributed by atoms with E-state index < -0.39 is 0 Å². The second-order valence-corrected chi connectivity index (χ2v) is 2.89. The van der Waals surface area contributed by atoms with Gasteiger partial charge in [-0.3, -0.25) is 0 Å². The third-order valence-corrected chi connectivity index (χ3v) is 2.05. The van der Waals surface area contributed by atoms with Crippen molar-refractivity contribution < 1.29 is 0 Å². The molecule has 0 unspecified atom stereocenters. The molecule has 0 aromatic carbocycles. The van der Waals surface area contributed by atoms with E-state index in [4.69, 9.17) is 0 Å². The summed E-state index contributed by atoms with van der Waals surface area (Å²) in [6, 6.07) is 0. The molecule has 0 aromatic rings. The van der Waals surface area contributed by atoms with Crippen molar-refractivity contribution in [2.75, 3.05) is 14.1 Å². The zero-order valence-corrected chi connectivity index (χ0v) is 7.36. The predicted octanol–water partition coefficient (Wildman–Crippen LogP) is 2.13. The Balaban J connectivity index is 0.000000291. The molecule has 56 valence electrons. The van der Waals surface area contributed by atoms with Crippen LogP contribution in [-0.2, 0) is 0 Å². The smallest absolute Gasteiger partial charge is 0.0176 e. The Morgan fingerprint density at radius 1 is 1.11 bits per heavy atom. The molecule has 0 bridgehead atoms. The highest BCUT2D eigenvalue weighted by molar-refractivity contribution is 4.96. The molecule has 1 rings (SSSR count). The van der Waals surface area contributed by atoms with Gasteiger partial charge in [0.25, 0.3) is 0 Å². The van der Waals surface area contributed by atoms with Gasteiger partial charge in [-0.1, -0.05) is 13.8 Å². The van der Waals surface area contributed by atoms with E-state index >= 15 is 0 Å². The zero-order chi connectivity index (χ0) is 7.49. The van der Waals surface area contributed by atoms with Crippen molar-refractivity contribution in [3.63, 3.8) is 0 Å². The molecule has 9 heavy (non-hydrogen) atoms. The molecule has 0 aliphatic heterocycles. The van der Waals surface area contributed by atoms with Crippen LogP contribution in [0.1, 0.15) is 33.6 Å². The van der Waals surface area contributed by atoms with E-state index in [-0.39, 0.29) is 0 Å². The molecule has 0 amide bonds. The molecule has 0 spiro atoms. The summed E-state index contributed by atoms with van der Waals surface area (Å²) in [6.45, 7) is 6.30. The van der Waals surface area contributed by atoms with Gasteiger partial charge in [0.1, 0.15) is 0 Å². The summed E-state index contributed by atoms with van der Waals surface area (Å²) < 4.78 is 0. The lowest BCUT2D eigenvalue weighted by Gasteiger charge is -2.16. The first-order chi connectivity index (χ1) is 4.15. The average Bonchev–Trinajstić information content (AvgIpc) is 2.55. The van der Waals surface area contributed by atoms with Gasteiger partial charge in [-0.05, 0) is 33.9 Å². The van der Waals surface area contributed by atoms with E-state index in [2.05, 4.69) is 25.9 Å². The van der Waals surface area contributed by atoms with Gasteiger partial charge >= 0.3 is 0 Å². The standard InChI is InChI=1S/C6H13N.C2H6/c1-6(4-5-6)7(2)3;1-2/h4-5H2,1-3H3;1-2H3. The number of hydrogen-bond acceptors (Lipinski definition) is 1. The summed E-state index contributed by atoms with van der Waals surface area (Å²) in [6.07, 6.45) is 2.78. The Kier molecular flexibility index (Phi) is 3.20. The molecule has 1 fully saturated rings. The van der Waals surface area contributed by atoms with Gasteiger partial charge < -0.3 is 4.90 Å². The molecule has 1 aliphatic rings. The highest BCUT2D eigenvalue weighted by Crippen LogP contribution is 2.38. The van der Waals surface area contributed by atoms with Crippen LogP contribution in [0.5, 0.6) is 0 Å². The first-order valence-electron chi connectivity index (χ1n) is 3.83. The van der Waals surface area contributed by atoms with E-state index in [9.17, 15) is 0 Å². The lowest BCUT2D eigenvalue weighted by Crippen LogP contribution is -2.25. The molecular formula is C8H19N. The minimum atomic E-state index is 0.583. The monoisotopic (exact) mass is 129 g/mol. The summed E-state index contributed by atoms with van der Waals surface area (Å²) >= 11 is 0. The zero-order valence-electron chi connectivity index (χ0n) is 7.36. The molecule has 0 radical (unpaired) electrons. The lowest BCUT2D eigenvalue weighted by molar-refractivity contribution is 0.294. The summed E-state index contributed by atoms with van der Waals surface area (Å²) in [5.74, 6) is 0. The molecular weight excluding hydrogens is 110 g/mol. The number of nitrogens with zero attached hydrogens (tertiary/aromatic N) is 1. The van der Waals surface area contributed by atoms with E-state index in [1.54, 1.807) is 0 Å². The fourth-order valence-corrected chi connectivity index (χ4v) is 0.628. The maximum absolute atomic E-state index is 2.30. The van der Waals surface area contributed by atoms with Crippen LogP contribution in [0.3, 0.4) is 0 Å². The van der Waals surface area contributed by atoms with Crippen LogP contribution in [-0.4, -0.2) is 24.5 Å². The van der Waals surface area contributed by atoms with Gasteiger partial charge in [-0.2, -0.15) is 0 Å². The minimum Gasteiger partial charge on any atom is -0.304 e. The Bertz CT molecular complexity index is 72.6. The number of hydrogen-bond donors (Lipinski definition) is 0. The minimum absolute atomic E-state index is 0.583. The second-order valence-electron chi connectivity index (χ2n) is 2.89. The van der Waals surface area contributed by atoms with Crippen LogP contribution in [0.2, 0.25) is 0 Å². The molecule has 1 aliphatic carbocycles.